The minimum absolute atomic E-state index is 0.800. The van der Waals surface area contributed by atoms with Crippen molar-refractivity contribution in [3.8, 4) is 0 Å². The third kappa shape index (κ3) is 1.89. The summed E-state index contributed by atoms with van der Waals surface area (Å²) in [5, 5.41) is 0. The molecule has 0 amide bonds. The molecule has 1 aromatic carbocycles. The van der Waals surface area contributed by atoms with Crippen molar-refractivity contribution in [3.05, 3.63) is 29.3 Å². The second-order valence-corrected chi connectivity index (χ2v) is 3.21. The van der Waals surface area contributed by atoms with E-state index in [1.54, 1.807) is 0 Å². The molecule has 1 aromatic rings. The molecule has 0 aliphatic carbocycles. The molecule has 0 aliphatic heterocycles. The van der Waals surface area contributed by atoms with Crippen LogP contribution in [-0.2, 0) is 6.42 Å². The first kappa shape index (κ1) is 9.78. The lowest BCUT2D eigenvalue weighted by atomic mass is 10.0. The summed E-state index contributed by atoms with van der Waals surface area (Å²) in [7, 11) is 3.98. The Kier molecular flexibility index (Phi) is 3.07. The van der Waals surface area contributed by atoms with Crippen molar-refractivity contribution < 1.29 is 4.79 Å². The number of rotatable bonds is 3. The van der Waals surface area contributed by atoms with Crippen molar-refractivity contribution in [1.82, 2.24) is 0 Å². The van der Waals surface area contributed by atoms with Crippen molar-refractivity contribution >= 4 is 12.0 Å². The number of benzene rings is 1. The fourth-order valence-electron chi connectivity index (χ4n) is 1.51. The molecule has 0 atom stereocenters. The van der Waals surface area contributed by atoms with Crippen LogP contribution in [0.2, 0.25) is 0 Å². The zero-order chi connectivity index (χ0) is 9.84. The van der Waals surface area contributed by atoms with Gasteiger partial charge in [0.05, 0.1) is 0 Å². The maximum Gasteiger partial charge on any atom is 0.150 e. The van der Waals surface area contributed by atoms with E-state index in [2.05, 4.69) is 6.92 Å². The van der Waals surface area contributed by atoms with Crippen LogP contribution in [0, 0.1) is 0 Å². The summed E-state index contributed by atoms with van der Waals surface area (Å²) in [5.41, 5.74) is 3.06. The van der Waals surface area contributed by atoms with E-state index in [1.165, 1.54) is 0 Å². The van der Waals surface area contributed by atoms with E-state index in [0.29, 0.717) is 0 Å². The van der Waals surface area contributed by atoms with E-state index in [1.807, 2.05) is 37.2 Å². The molecule has 2 heteroatoms. The highest BCUT2D eigenvalue weighted by molar-refractivity contribution is 5.80. The molecule has 0 aromatic heterocycles. The van der Waals surface area contributed by atoms with Gasteiger partial charge in [-0.25, -0.2) is 0 Å². The molecular weight excluding hydrogens is 162 g/mol. The van der Waals surface area contributed by atoms with E-state index in [0.717, 1.165) is 29.5 Å². The Hall–Kier alpha value is -1.31. The number of hydrogen-bond donors (Lipinski definition) is 0. The second kappa shape index (κ2) is 4.08. The van der Waals surface area contributed by atoms with Gasteiger partial charge in [0.2, 0.25) is 0 Å². The molecule has 0 saturated heterocycles. The molecule has 0 saturated carbocycles. The predicted molar refractivity (Wildman–Crippen MR) is 55.5 cm³/mol. The third-order valence-corrected chi connectivity index (χ3v) is 2.15. The summed E-state index contributed by atoms with van der Waals surface area (Å²) < 4.78 is 0. The maximum absolute atomic E-state index is 10.7. The van der Waals surface area contributed by atoms with Crippen LogP contribution in [-0.4, -0.2) is 20.4 Å². The predicted octanol–water partition coefficient (Wildman–Crippen LogP) is 2.13. The highest BCUT2D eigenvalue weighted by Gasteiger charge is 2.06. The van der Waals surface area contributed by atoms with Gasteiger partial charge in [-0.3, -0.25) is 4.79 Å². The Labute approximate surface area is 79.2 Å². The Morgan fingerprint density at radius 3 is 2.54 bits per heavy atom. The first-order chi connectivity index (χ1) is 6.20. The van der Waals surface area contributed by atoms with E-state index in [9.17, 15) is 4.79 Å². The average Bonchev–Trinajstić information content (AvgIpc) is 2.16. The molecule has 0 fully saturated rings. The fourth-order valence-corrected chi connectivity index (χ4v) is 1.51. The standard InChI is InChI=1S/C11H15NO/c1-4-10-9(8-13)6-5-7-11(10)12(2)3/h5-8H,4H2,1-3H3. The maximum atomic E-state index is 10.7. The number of carbonyl (C=O) groups excluding carboxylic acids is 1. The van der Waals surface area contributed by atoms with Gasteiger partial charge in [-0.05, 0) is 18.1 Å². The molecule has 0 bridgehead atoms. The van der Waals surface area contributed by atoms with Gasteiger partial charge in [-0.15, -0.1) is 0 Å². The highest BCUT2D eigenvalue weighted by atomic mass is 16.1. The Morgan fingerprint density at radius 2 is 2.08 bits per heavy atom. The molecule has 0 radical (unpaired) electrons. The van der Waals surface area contributed by atoms with Gasteiger partial charge >= 0.3 is 0 Å². The van der Waals surface area contributed by atoms with Gasteiger partial charge in [0, 0.05) is 25.3 Å². The van der Waals surface area contributed by atoms with E-state index >= 15 is 0 Å². The van der Waals surface area contributed by atoms with Gasteiger partial charge in [0.15, 0.2) is 0 Å². The van der Waals surface area contributed by atoms with Gasteiger partial charge in [-0.2, -0.15) is 0 Å². The van der Waals surface area contributed by atoms with Crippen molar-refractivity contribution in [2.75, 3.05) is 19.0 Å². The van der Waals surface area contributed by atoms with Gasteiger partial charge in [0.25, 0.3) is 0 Å². The highest BCUT2D eigenvalue weighted by Crippen LogP contribution is 2.21. The van der Waals surface area contributed by atoms with Crippen LogP contribution < -0.4 is 4.90 Å². The largest absolute Gasteiger partial charge is 0.377 e. The molecule has 0 unspecified atom stereocenters. The number of nitrogens with zero attached hydrogens (tertiary/aromatic N) is 1. The van der Waals surface area contributed by atoms with Crippen molar-refractivity contribution in [2.24, 2.45) is 0 Å². The summed E-state index contributed by atoms with van der Waals surface area (Å²) in [6, 6.07) is 5.81. The Balaban J connectivity index is 3.26. The number of aldehydes is 1. The summed E-state index contributed by atoms with van der Waals surface area (Å²) >= 11 is 0. The third-order valence-electron chi connectivity index (χ3n) is 2.15. The summed E-state index contributed by atoms with van der Waals surface area (Å²) in [4.78, 5) is 12.8. The van der Waals surface area contributed by atoms with Crippen LogP contribution in [0.1, 0.15) is 22.8 Å². The van der Waals surface area contributed by atoms with Crippen molar-refractivity contribution in [2.45, 2.75) is 13.3 Å². The van der Waals surface area contributed by atoms with E-state index in [4.69, 9.17) is 0 Å². The quantitative estimate of drug-likeness (QED) is 0.659. The average molecular weight is 177 g/mol. The molecule has 0 N–H and O–H groups in total. The first-order valence-corrected chi connectivity index (χ1v) is 4.45. The van der Waals surface area contributed by atoms with Gasteiger partial charge in [0.1, 0.15) is 6.29 Å². The second-order valence-electron chi connectivity index (χ2n) is 3.21. The van der Waals surface area contributed by atoms with Crippen LogP contribution in [0.15, 0.2) is 18.2 Å². The van der Waals surface area contributed by atoms with Crippen LogP contribution >= 0.6 is 0 Å². The molecule has 0 aliphatic rings. The molecule has 70 valence electrons. The smallest absolute Gasteiger partial charge is 0.150 e. The summed E-state index contributed by atoms with van der Waals surface area (Å²) in [6.07, 6.45) is 1.81. The van der Waals surface area contributed by atoms with Crippen LogP contribution in [0.25, 0.3) is 0 Å². The summed E-state index contributed by atoms with van der Waals surface area (Å²) in [5.74, 6) is 0. The van der Waals surface area contributed by atoms with Crippen molar-refractivity contribution in [3.63, 3.8) is 0 Å². The zero-order valence-electron chi connectivity index (χ0n) is 8.37. The van der Waals surface area contributed by atoms with E-state index in [-0.39, 0.29) is 0 Å². The zero-order valence-corrected chi connectivity index (χ0v) is 8.37. The number of anilines is 1. The molecular formula is C11H15NO. The summed E-state index contributed by atoms with van der Waals surface area (Å²) in [6.45, 7) is 2.06. The van der Waals surface area contributed by atoms with Gasteiger partial charge < -0.3 is 4.90 Å². The van der Waals surface area contributed by atoms with Crippen molar-refractivity contribution in [1.29, 1.82) is 0 Å². The molecule has 0 heterocycles. The Bertz CT molecular complexity index is 305. The monoisotopic (exact) mass is 177 g/mol. The normalized spacial score (nSPS) is 9.77. The van der Waals surface area contributed by atoms with Crippen LogP contribution in [0.5, 0.6) is 0 Å². The lowest BCUT2D eigenvalue weighted by Crippen LogP contribution is -2.12. The molecule has 2 nitrogen and oxygen atoms in total. The molecule has 1 rings (SSSR count). The minimum atomic E-state index is 0.800. The van der Waals surface area contributed by atoms with Crippen LogP contribution in [0.3, 0.4) is 0 Å². The first-order valence-electron chi connectivity index (χ1n) is 4.45. The molecule has 0 spiro atoms. The number of hydrogen-bond acceptors (Lipinski definition) is 2. The SMILES string of the molecule is CCc1c(C=O)cccc1N(C)C. The topological polar surface area (TPSA) is 20.3 Å². The lowest BCUT2D eigenvalue weighted by molar-refractivity contribution is 0.112. The minimum Gasteiger partial charge on any atom is -0.377 e. The molecule has 13 heavy (non-hydrogen) atoms. The van der Waals surface area contributed by atoms with E-state index < -0.39 is 0 Å². The lowest BCUT2D eigenvalue weighted by Gasteiger charge is -2.17. The fraction of sp³-hybridized carbons (Fsp3) is 0.364. The number of carbonyl (C=O) groups is 1. The Morgan fingerprint density at radius 1 is 1.38 bits per heavy atom. The van der Waals surface area contributed by atoms with Crippen LogP contribution in [0.4, 0.5) is 5.69 Å². The van der Waals surface area contributed by atoms with Gasteiger partial charge in [-0.1, -0.05) is 19.1 Å².